The molecule has 0 aliphatic heterocycles. The number of amides is 1. The molecule has 1 amide bonds. The van der Waals surface area contributed by atoms with Gasteiger partial charge in [-0.25, -0.2) is 4.79 Å². The Labute approximate surface area is 137 Å². The van der Waals surface area contributed by atoms with E-state index in [2.05, 4.69) is 5.32 Å². The number of halogens is 1. The van der Waals surface area contributed by atoms with Crippen LogP contribution in [0.15, 0.2) is 18.2 Å². The highest BCUT2D eigenvalue weighted by molar-refractivity contribution is 6.31. The summed E-state index contributed by atoms with van der Waals surface area (Å²) < 4.78 is 5.52. The minimum Gasteiger partial charge on any atom is -0.446 e. The topological polar surface area (TPSA) is 64.3 Å². The van der Waals surface area contributed by atoms with Gasteiger partial charge >= 0.3 is 6.09 Å². The zero-order valence-corrected chi connectivity index (χ0v) is 14.0. The molecule has 0 bridgehead atoms. The van der Waals surface area contributed by atoms with Gasteiger partial charge in [0.2, 0.25) is 0 Å². The Balaban J connectivity index is 1.91. The average Bonchev–Trinajstić information content (AvgIpc) is 2.67. The first-order chi connectivity index (χ1) is 10.5. The summed E-state index contributed by atoms with van der Waals surface area (Å²) in [4.78, 5) is 12.0. The maximum Gasteiger partial charge on any atom is 0.411 e. The molecule has 0 aromatic heterocycles. The Morgan fingerprint density at radius 1 is 1.36 bits per heavy atom. The summed E-state index contributed by atoms with van der Waals surface area (Å²) in [5, 5.41) is 3.35. The third-order valence-electron chi connectivity index (χ3n) is 4.44. The van der Waals surface area contributed by atoms with E-state index in [-0.39, 0.29) is 18.1 Å². The summed E-state index contributed by atoms with van der Waals surface area (Å²) in [6.07, 6.45) is 4.92. The van der Waals surface area contributed by atoms with Gasteiger partial charge in [0.1, 0.15) is 6.10 Å². The number of hydrogen-bond donors (Lipinski definition) is 2. The van der Waals surface area contributed by atoms with Crippen molar-refractivity contribution in [3.63, 3.8) is 0 Å². The molecule has 2 rings (SSSR count). The molecule has 22 heavy (non-hydrogen) atoms. The number of ether oxygens (including phenoxy) is 1. The molecule has 3 atom stereocenters. The molecule has 0 saturated heterocycles. The summed E-state index contributed by atoms with van der Waals surface area (Å²) in [6, 6.07) is 5.51. The lowest BCUT2D eigenvalue weighted by Gasteiger charge is -2.27. The highest BCUT2D eigenvalue weighted by Gasteiger charge is 2.28. The SMILES string of the molecule is Cc1ccc(NC(=O)OC(C)C2CCCCCC2N)cc1Cl. The molecule has 122 valence electrons. The summed E-state index contributed by atoms with van der Waals surface area (Å²) in [5.41, 5.74) is 7.82. The molecule has 1 saturated carbocycles. The standard InChI is InChI=1S/C17H25ClN2O2/c1-11-8-9-13(10-15(11)18)20-17(21)22-12(2)14-6-4-3-5-7-16(14)19/h8-10,12,14,16H,3-7,19H2,1-2H3,(H,20,21). The van der Waals surface area contributed by atoms with E-state index in [1.807, 2.05) is 26.0 Å². The van der Waals surface area contributed by atoms with Crippen molar-refractivity contribution in [1.82, 2.24) is 0 Å². The fraction of sp³-hybridized carbons (Fsp3) is 0.588. The largest absolute Gasteiger partial charge is 0.446 e. The van der Waals surface area contributed by atoms with Gasteiger partial charge in [0, 0.05) is 22.7 Å². The summed E-state index contributed by atoms with van der Waals surface area (Å²) in [6.45, 7) is 3.84. The van der Waals surface area contributed by atoms with Crippen molar-refractivity contribution in [3.8, 4) is 0 Å². The molecule has 1 aliphatic carbocycles. The van der Waals surface area contributed by atoms with Crippen LogP contribution in [0.25, 0.3) is 0 Å². The maximum absolute atomic E-state index is 12.0. The predicted octanol–water partition coefficient (Wildman–Crippen LogP) is 4.49. The van der Waals surface area contributed by atoms with Crippen LogP contribution in [0.3, 0.4) is 0 Å². The molecule has 1 aromatic rings. The minimum absolute atomic E-state index is 0.110. The fourth-order valence-electron chi connectivity index (χ4n) is 3.02. The second kappa shape index (κ2) is 7.84. The van der Waals surface area contributed by atoms with E-state index >= 15 is 0 Å². The number of anilines is 1. The number of rotatable bonds is 3. The Morgan fingerprint density at radius 2 is 2.09 bits per heavy atom. The van der Waals surface area contributed by atoms with E-state index in [0.29, 0.717) is 10.7 Å². The van der Waals surface area contributed by atoms with Crippen LogP contribution in [-0.4, -0.2) is 18.2 Å². The van der Waals surface area contributed by atoms with Crippen LogP contribution < -0.4 is 11.1 Å². The molecule has 5 heteroatoms. The molecular weight excluding hydrogens is 300 g/mol. The third-order valence-corrected chi connectivity index (χ3v) is 4.85. The van der Waals surface area contributed by atoms with Crippen LogP contribution in [0.2, 0.25) is 5.02 Å². The number of nitrogens with two attached hydrogens (primary N) is 1. The van der Waals surface area contributed by atoms with E-state index in [1.54, 1.807) is 6.07 Å². The number of aryl methyl sites for hydroxylation is 1. The van der Waals surface area contributed by atoms with Crippen molar-refractivity contribution in [2.24, 2.45) is 11.7 Å². The zero-order chi connectivity index (χ0) is 16.1. The third kappa shape index (κ3) is 4.62. The normalized spacial score (nSPS) is 23.5. The molecule has 1 aliphatic rings. The molecule has 4 nitrogen and oxygen atoms in total. The van der Waals surface area contributed by atoms with Gasteiger partial charge in [-0.15, -0.1) is 0 Å². The smallest absolute Gasteiger partial charge is 0.411 e. The van der Waals surface area contributed by atoms with Gasteiger partial charge in [-0.05, 0) is 44.4 Å². The van der Waals surface area contributed by atoms with E-state index < -0.39 is 6.09 Å². The van der Waals surface area contributed by atoms with Crippen molar-refractivity contribution < 1.29 is 9.53 Å². The number of carbonyl (C=O) groups is 1. The van der Waals surface area contributed by atoms with Crippen LogP contribution in [0, 0.1) is 12.8 Å². The van der Waals surface area contributed by atoms with Crippen molar-refractivity contribution in [1.29, 1.82) is 0 Å². The first-order valence-electron chi connectivity index (χ1n) is 7.96. The Kier molecular flexibility index (Phi) is 6.09. The quantitative estimate of drug-likeness (QED) is 0.805. The fourth-order valence-corrected chi connectivity index (χ4v) is 3.20. The minimum atomic E-state index is -0.455. The van der Waals surface area contributed by atoms with Gasteiger partial charge in [0.15, 0.2) is 0 Å². The van der Waals surface area contributed by atoms with E-state index in [4.69, 9.17) is 22.1 Å². The lowest BCUT2D eigenvalue weighted by molar-refractivity contribution is 0.0712. The maximum atomic E-state index is 12.0. The first-order valence-corrected chi connectivity index (χ1v) is 8.34. The predicted molar refractivity (Wildman–Crippen MR) is 90.3 cm³/mol. The van der Waals surface area contributed by atoms with Gasteiger partial charge in [-0.1, -0.05) is 36.9 Å². The van der Waals surface area contributed by atoms with Crippen molar-refractivity contribution in [2.45, 2.75) is 58.1 Å². The second-order valence-corrected chi connectivity index (χ2v) is 6.57. The summed E-state index contributed by atoms with van der Waals surface area (Å²) in [5.74, 6) is 0.231. The highest BCUT2D eigenvalue weighted by atomic mass is 35.5. The summed E-state index contributed by atoms with van der Waals surface area (Å²) in [7, 11) is 0. The first kappa shape index (κ1) is 17.1. The molecule has 0 radical (unpaired) electrons. The molecule has 3 N–H and O–H groups in total. The van der Waals surface area contributed by atoms with Gasteiger partial charge in [-0.2, -0.15) is 0 Å². The molecule has 3 unspecified atom stereocenters. The molecule has 1 aromatic carbocycles. The van der Waals surface area contributed by atoms with Crippen LogP contribution in [0.4, 0.5) is 10.5 Å². The Bertz CT molecular complexity index is 521. The molecule has 1 fully saturated rings. The van der Waals surface area contributed by atoms with Crippen molar-refractivity contribution in [2.75, 3.05) is 5.32 Å². The van der Waals surface area contributed by atoms with Gasteiger partial charge in [-0.3, -0.25) is 5.32 Å². The van der Waals surface area contributed by atoms with Crippen LogP contribution in [0.1, 0.15) is 44.6 Å². The van der Waals surface area contributed by atoms with Crippen molar-refractivity contribution >= 4 is 23.4 Å². The Morgan fingerprint density at radius 3 is 2.82 bits per heavy atom. The number of carbonyl (C=O) groups excluding carboxylic acids is 1. The lowest BCUT2D eigenvalue weighted by Crippen LogP contribution is -2.38. The van der Waals surface area contributed by atoms with Gasteiger partial charge in [0.05, 0.1) is 0 Å². The van der Waals surface area contributed by atoms with Crippen LogP contribution >= 0.6 is 11.6 Å². The molecular formula is C17H25ClN2O2. The lowest BCUT2D eigenvalue weighted by atomic mass is 9.91. The Hall–Kier alpha value is -1.26. The summed E-state index contributed by atoms with van der Waals surface area (Å²) >= 11 is 6.05. The zero-order valence-electron chi connectivity index (χ0n) is 13.3. The van der Waals surface area contributed by atoms with Gasteiger partial charge < -0.3 is 10.5 Å². The molecule has 0 spiro atoms. The van der Waals surface area contributed by atoms with Crippen molar-refractivity contribution in [3.05, 3.63) is 28.8 Å². The number of benzene rings is 1. The van der Waals surface area contributed by atoms with Crippen LogP contribution in [0.5, 0.6) is 0 Å². The van der Waals surface area contributed by atoms with Crippen LogP contribution in [-0.2, 0) is 4.74 Å². The van der Waals surface area contributed by atoms with Gasteiger partial charge in [0.25, 0.3) is 0 Å². The second-order valence-electron chi connectivity index (χ2n) is 6.17. The van der Waals surface area contributed by atoms with E-state index in [0.717, 1.165) is 24.8 Å². The number of hydrogen-bond acceptors (Lipinski definition) is 3. The average molecular weight is 325 g/mol. The van der Waals surface area contributed by atoms with E-state index in [9.17, 15) is 4.79 Å². The van der Waals surface area contributed by atoms with E-state index in [1.165, 1.54) is 12.8 Å². The molecule has 0 heterocycles. The monoisotopic (exact) mass is 324 g/mol. The number of nitrogens with one attached hydrogen (secondary N) is 1. The highest BCUT2D eigenvalue weighted by Crippen LogP contribution is 2.27.